The van der Waals surface area contributed by atoms with Crippen LogP contribution in [0.3, 0.4) is 0 Å². The van der Waals surface area contributed by atoms with Gasteiger partial charge in [-0.2, -0.15) is 0 Å². The predicted octanol–water partition coefficient (Wildman–Crippen LogP) is 1.15. The molecule has 0 aromatic rings. The van der Waals surface area contributed by atoms with Crippen LogP contribution in [0.4, 0.5) is 0 Å². The first-order valence-corrected chi connectivity index (χ1v) is 6.02. The number of rotatable bonds is 0. The van der Waals surface area contributed by atoms with Gasteiger partial charge in [0.15, 0.2) is 0 Å². The third-order valence-corrected chi connectivity index (χ3v) is 2.78. The number of ether oxygens (including phenoxy) is 4. The lowest BCUT2D eigenvalue weighted by Crippen LogP contribution is -2.34. The zero-order valence-electron chi connectivity index (χ0n) is 9.60. The standard InChI is InChI=1S/C12H20O4/c1-2-4-12-11(3-1)15-9-7-13-5-6-14-8-10-16-12/h1,3,11-12H,2,4-10H2. The van der Waals surface area contributed by atoms with E-state index in [1.54, 1.807) is 0 Å². The van der Waals surface area contributed by atoms with E-state index in [-0.39, 0.29) is 12.2 Å². The monoisotopic (exact) mass is 228 g/mol. The Morgan fingerprint density at radius 1 is 0.812 bits per heavy atom. The van der Waals surface area contributed by atoms with Crippen molar-refractivity contribution in [2.24, 2.45) is 0 Å². The second kappa shape index (κ2) is 7.01. The number of allylic oxidation sites excluding steroid dienone is 1. The summed E-state index contributed by atoms with van der Waals surface area (Å²) in [6.45, 7) is 3.79. The first-order chi connectivity index (χ1) is 7.97. The van der Waals surface area contributed by atoms with Gasteiger partial charge < -0.3 is 18.9 Å². The molecule has 92 valence electrons. The highest BCUT2D eigenvalue weighted by Gasteiger charge is 2.22. The lowest BCUT2D eigenvalue weighted by atomic mass is 10.0. The fourth-order valence-electron chi connectivity index (χ4n) is 1.94. The van der Waals surface area contributed by atoms with Crippen LogP contribution in [0.1, 0.15) is 12.8 Å². The molecule has 16 heavy (non-hydrogen) atoms. The van der Waals surface area contributed by atoms with E-state index in [0.717, 1.165) is 12.8 Å². The molecular formula is C12H20O4. The lowest BCUT2D eigenvalue weighted by Gasteiger charge is -2.28. The smallest absolute Gasteiger partial charge is 0.102 e. The van der Waals surface area contributed by atoms with Crippen LogP contribution in [-0.2, 0) is 18.9 Å². The molecule has 0 saturated carbocycles. The molecule has 1 saturated heterocycles. The van der Waals surface area contributed by atoms with Crippen molar-refractivity contribution in [3.63, 3.8) is 0 Å². The summed E-state index contributed by atoms with van der Waals surface area (Å²) in [5, 5.41) is 0. The summed E-state index contributed by atoms with van der Waals surface area (Å²) in [6.07, 6.45) is 6.61. The van der Waals surface area contributed by atoms with E-state index in [4.69, 9.17) is 18.9 Å². The highest BCUT2D eigenvalue weighted by molar-refractivity contribution is 4.99. The zero-order valence-corrected chi connectivity index (χ0v) is 9.60. The van der Waals surface area contributed by atoms with Crippen LogP contribution in [0, 0.1) is 0 Å². The summed E-state index contributed by atoms with van der Waals surface area (Å²) in [4.78, 5) is 0. The molecule has 0 N–H and O–H groups in total. The van der Waals surface area contributed by atoms with Crippen molar-refractivity contribution in [2.45, 2.75) is 25.0 Å². The SMILES string of the molecule is C1=CC2OCCOCCOCCOC2CC1. The molecule has 2 rings (SSSR count). The summed E-state index contributed by atoms with van der Waals surface area (Å²) in [5.74, 6) is 0. The lowest BCUT2D eigenvalue weighted by molar-refractivity contribution is -0.0942. The van der Waals surface area contributed by atoms with Gasteiger partial charge >= 0.3 is 0 Å². The molecule has 2 atom stereocenters. The molecule has 1 aliphatic heterocycles. The summed E-state index contributed by atoms with van der Waals surface area (Å²) < 4.78 is 22.3. The molecule has 2 unspecified atom stereocenters. The molecule has 4 heteroatoms. The van der Waals surface area contributed by atoms with Crippen LogP contribution in [0.5, 0.6) is 0 Å². The molecule has 0 spiro atoms. The highest BCUT2D eigenvalue weighted by Crippen LogP contribution is 2.18. The van der Waals surface area contributed by atoms with Crippen LogP contribution < -0.4 is 0 Å². The quantitative estimate of drug-likeness (QED) is 0.583. The Kier molecular flexibility index (Phi) is 5.28. The second-order valence-corrected chi connectivity index (χ2v) is 3.97. The molecule has 1 aliphatic carbocycles. The van der Waals surface area contributed by atoms with Crippen LogP contribution in [-0.4, -0.2) is 51.8 Å². The first kappa shape index (κ1) is 12.0. The summed E-state index contributed by atoms with van der Waals surface area (Å²) in [7, 11) is 0. The molecule has 2 aliphatic rings. The molecule has 4 nitrogen and oxygen atoms in total. The molecule has 1 heterocycles. The average Bonchev–Trinajstić information content (AvgIpc) is 2.30. The van der Waals surface area contributed by atoms with Crippen molar-refractivity contribution in [3.8, 4) is 0 Å². The van der Waals surface area contributed by atoms with Gasteiger partial charge in [0, 0.05) is 0 Å². The van der Waals surface area contributed by atoms with Gasteiger partial charge in [-0.25, -0.2) is 0 Å². The Morgan fingerprint density at radius 2 is 1.50 bits per heavy atom. The Bertz CT molecular complexity index is 217. The molecule has 1 fully saturated rings. The third-order valence-electron chi connectivity index (χ3n) is 2.78. The minimum atomic E-state index is 0.0803. The van der Waals surface area contributed by atoms with E-state index in [1.807, 2.05) is 0 Å². The molecule has 0 aromatic carbocycles. The van der Waals surface area contributed by atoms with Crippen LogP contribution in [0.2, 0.25) is 0 Å². The third kappa shape index (κ3) is 3.87. The predicted molar refractivity (Wildman–Crippen MR) is 59.5 cm³/mol. The van der Waals surface area contributed by atoms with Crippen LogP contribution in [0.15, 0.2) is 12.2 Å². The number of fused-ring (bicyclic) bond motifs is 1. The van der Waals surface area contributed by atoms with Gasteiger partial charge in [-0.05, 0) is 12.8 Å². The topological polar surface area (TPSA) is 36.9 Å². The first-order valence-electron chi connectivity index (χ1n) is 6.02. The van der Waals surface area contributed by atoms with Crippen molar-refractivity contribution in [1.82, 2.24) is 0 Å². The van der Waals surface area contributed by atoms with E-state index in [0.29, 0.717) is 39.6 Å². The van der Waals surface area contributed by atoms with E-state index in [2.05, 4.69) is 12.2 Å². The van der Waals surface area contributed by atoms with Crippen LogP contribution >= 0.6 is 0 Å². The maximum atomic E-state index is 5.78. The van der Waals surface area contributed by atoms with Crippen molar-refractivity contribution in [2.75, 3.05) is 39.6 Å². The van der Waals surface area contributed by atoms with E-state index in [1.165, 1.54) is 0 Å². The van der Waals surface area contributed by atoms with E-state index >= 15 is 0 Å². The average molecular weight is 228 g/mol. The highest BCUT2D eigenvalue weighted by atomic mass is 16.6. The van der Waals surface area contributed by atoms with E-state index in [9.17, 15) is 0 Å². The maximum Gasteiger partial charge on any atom is 0.102 e. The minimum absolute atomic E-state index is 0.0803. The van der Waals surface area contributed by atoms with Gasteiger partial charge in [0.2, 0.25) is 0 Å². The molecule has 0 radical (unpaired) electrons. The van der Waals surface area contributed by atoms with Gasteiger partial charge in [-0.1, -0.05) is 12.2 Å². The zero-order chi connectivity index (χ0) is 11.1. The molecule has 0 aromatic heterocycles. The Morgan fingerprint density at radius 3 is 2.31 bits per heavy atom. The van der Waals surface area contributed by atoms with Crippen molar-refractivity contribution < 1.29 is 18.9 Å². The second-order valence-electron chi connectivity index (χ2n) is 3.97. The minimum Gasteiger partial charge on any atom is -0.377 e. The van der Waals surface area contributed by atoms with Crippen molar-refractivity contribution >= 4 is 0 Å². The normalized spacial score (nSPS) is 33.5. The van der Waals surface area contributed by atoms with Gasteiger partial charge in [-0.15, -0.1) is 0 Å². The van der Waals surface area contributed by atoms with Gasteiger partial charge in [0.1, 0.15) is 6.10 Å². The summed E-state index contributed by atoms with van der Waals surface area (Å²) in [6, 6.07) is 0. The maximum absolute atomic E-state index is 5.78. The molecule has 0 bridgehead atoms. The summed E-state index contributed by atoms with van der Waals surface area (Å²) in [5.41, 5.74) is 0. The van der Waals surface area contributed by atoms with Gasteiger partial charge in [0.25, 0.3) is 0 Å². The van der Waals surface area contributed by atoms with Crippen LogP contribution in [0.25, 0.3) is 0 Å². The Labute approximate surface area is 96.5 Å². The number of hydrogen-bond acceptors (Lipinski definition) is 4. The number of hydrogen-bond donors (Lipinski definition) is 0. The van der Waals surface area contributed by atoms with Gasteiger partial charge in [-0.3, -0.25) is 0 Å². The fourth-order valence-corrected chi connectivity index (χ4v) is 1.94. The van der Waals surface area contributed by atoms with Gasteiger partial charge in [0.05, 0.1) is 45.7 Å². The Hall–Kier alpha value is -0.420. The van der Waals surface area contributed by atoms with E-state index < -0.39 is 0 Å². The molecular weight excluding hydrogens is 208 g/mol. The molecule has 0 amide bonds. The largest absolute Gasteiger partial charge is 0.377 e. The Balaban J connectivity index is 1.83. The summed E-state index contributed by atoms with van der Waals surface area (Å²) >= 11 is 0. The van der Waals surface area contributed by atoms with Crippen molar-refractivity contribution in [1.29, 1.82) is 0 Å². The van der Waals surface area contributed by atoms with Crippen molar-refractivity contribution in [3.05, 3.63) is 12.2 Å². The fraction of sp³-hybridized carbons (Fsp3) is 0.833.